The maximum absolute atomic E-state index is 12.9. The van der Waals surface area contributed by atoms with Gasteiger partial charge in [0.25, 0.3) is 0 Å². The summed E-state index contributed by atoms with van der Waals surface area (Å²) in [4.78, 5) is 151. The first kappa shape index (κ1) is 83.2. The first-order valence-electron chi connectivity index (χ1n) is 37.5. The van der Waals surface area contributed by atoms with Gasteiger partial charge in [-0.05, 0) is 281 Å². The molecule has 0 aromatic heterocycles. The molecule has 15 nitrogen and oxygen atoms in total. The van der Waals surface area contributed by atoms with Crippen LogP contribution in [0.25, 0.3) is 0 Å². The van der Waals surface area contributed by atoms with Crippen molar-refractivity contribution < 1.29 is 71.7 Å². The molecule has 14 aromatic carbocycles. The molecule has 580 valence electrons. The molecule has 0 saturated heterocycles. The van der Waals surface area contributed by atoms with Crippen molar-refractivity contribution in [3.63, 3.8) is 0 Å². The van der Waals surface area contributed by atoms with Gasteiger partial charge in [-0.3, -0.25) is 57.5 Å². The van der Waals surface area contributed by atoms with Gasteiger partial charge in [-0.25, -0.2) is 0 Å². The lowest BCUT2D eigenvalue weighted by Crippen LogP contribution is -2.14. The molecule has 121 heavy (non-hydrogen) atoms. The van der Waals surface area contributed by atoms with Crippen molar-refractivity contribution in [3.05, 3.63) is 464 Å². The molecule has 0 aliphatic heterocycles. The third-order valence-corrected chi connectivity index (χ3v) is 18.1. The highest BCUT2D eigenvalue weighted by Crippen LogP contribution is 2.28. The van der Waals surface area contributed by atoms with Gasteiger partial charge >= 0.3 is 0 Å². The Labute approximate surface area is 696 Å². The second kappa shape index (κ2) is 40.7. The normalized spacial score (nSPS) is 10.0. The quantitative estimate of drug-likeness (QED) is 0.0311. The van der Waals surface area contributed by atoms with Gasteiger partial charge in [0.05, 0.1) is 0 Å². The van der Waals surface area contributed by atoms with E-state index in [9.17, 15) is 57.5 Å². The van der Waals surface area contributed by atoms with Crippen LogP contribution < -0.4 is 14.2 Å². The van der Waals surface area contributed by atoms with Crippen LogP contribution in [0, 0.1) is 47.4 Å². The second-order valence-electron chi connectivity index (χ2n) is 26.4. The summed E-state index contributed by atoms with van der Waals surface area (Å²) in [6, 6.07) is 99.4. The highest BCUT2D eigenvalue weighted by molar-refractivity contribution is 6.52. The molecule has 0 radical (unpaired) electrons. The predicted octanol–water partition coefficient (Wildman–Crippen LogP) is 20.4. The Bertz CT molecular complexity index is 6100. The fourth-order valence-electron chi connectivity index (χ4n) is 11.6. The number of hydrogen-bond acceptors (Lipinski definition) is 15. The summed E-state index contributed by atoms with van der Waals surface area (Å²) >= 11 is 0. The number of carbonyl (C=O) groups is 12. The largest absolute Gasteiger partial charge is 0.457 e. The number of carbonyl (C=O) groups excluding carboxylic acids is 12. The molecule has 14 rings (SSSR count). The molecule has 0 unspecified atom stereocenters. The van der Waals surface area contributed by atoms with Crippen LogP contribution in [0.3, 0.4) is 0 Å². The molecule has 14 aromatic rings. The van der Waals surface area contributed by atoms with E-state index in [4.69, 9.17) is 14.2 Å². The molecule has 0 aliphatic carbocycles. The van der Waals surface area contributed by atoms with Gasteiger partial charge in [-0.15, -0.1) is 11.8 Å². The fraction of sp³-hybridized carbons (Fsp3) is 0.0189. The minimum atomic E-state index is -0.642. The molecule has 0 bridgehead atoms. The minimum absolute atomic E-state index is 0.223. The first-order chi connectivity index (χ1) is 58.8. The van der Waals surface area contributed by atoms with E-state index >= 15 is 0 Å². The van der Waals surface area contributed by atoms with Crippen molar-refractivity contribution in [1.29, 1.82) is 0 Å². The number of benzene rings is 14. The summed E-state index contributed by atoms with van der Waals surface area (Å²) in [7, 11) is 0. The Kier molecular flexibility index (Phi) is 28.0. The highest BCUT2D eigenvalue weighted by atomic mass is 16.5. The van der Waals surface area contributed by atoms with E-state index < -0.39 is 69.4 Å². The molecule has 0 spiro atoms. The van der Waals surface area contributed by atoms with E-state index in [1.807, 2.05) is 60.7 Å². The van der Waals surface area contributed by atoms with Crippen LogP contribution in [0.5, 0.6) is 34.5 Å². The lowest BCUT2D eigenvalue weighted by molar-refractivity contribution is 0.0817. The summed E-state index contributed by atoms with van der Waals surface area (Å²) in [5.41, 5.74) is 7.99. The fourth-order valence-corrected chi connectivity index (χ4v) is 11.6. The molecule has 0 atom stereocenters. The Morgan fingerprint density at radius 2 is 0.273 bits per heavy atom. The number of ether oxygens (including phenoxy) is 3. The molecular formula is C106H66O15. The third-order valence-electron chi connectivity index (χ3n) is 18.1. The predicted molar refractivity (Wildman–Crippen MR) is 459 cm³/mol. The van der Waals surface area contributed by atoms with E-state index in [1.54, 1.807) is 244 Å². The smallest absolute Gasteiger partial charge is 0.233 e. The molecular weight excluding hydrogens is 1510 g/mol. The van der Waals surface area contributed by atoms with Gasteiger partial charge < -0.3 is 14.2 Å². The summed E-state index contributed by atoms with van der Waals surface area (Å²) in [6.07, 6.45) is 0. The topological polar surface area (TPSA) is 233 Å². The van der Waals surface area contributed by atoms with Crippen LogP contribution in [0.4, 0.5) is 0 Å². The van der Waals surface area contributed by atoms with E-state index in [1.165, 1.54) is 72.8 Å². The Morgan fingerprint density at radius 1 is 0.149 bits per heavy atom. The van der Waals surface area contributed by atoms with Crippen LogP contribution in [-0.2, 0) is 0 Å². The molecule has 0 aliphatic rings. The van der Waals surface area contributed by atoms with Gasteiger partial charge in [0.2, 0.25) is 69.4 Å². The van der Waals surface area contributed by atoms with Crippen molar-refractivity contribution in [3.8, 4) is 81.9 Å². The summed E-state index contributed by atoms with van der Waals surface area (Å²) in [6.45, 7) is 3.45. The zero-order valence-corrected chi connectivity index (χ0v) is 64.8. The summed E-state index contributed by atoms with van der Waals surface area (Å²) < 4.78 is 17.4. The van der Waals surface area contributed by atoms with Crippen LogP contribution >= 0.6 is 0 Å². The standard InChI is InChI=1S/C44H26O5.C34H22O5.C28H18O5/c45-41(35-19-15-33(16-20-35)13-11-31-7-3-1-4-8-31)43(47)37-23-27-39(28-24-37)49-40-29-25-38(26-30-40)44(48)42(46)36-21-17-34(18-22-36)14-12-32-9-5-2-6-10-32;1-3-5-23-7-11-25(12-8-23)31(35)33(37)27-15-19-29(20-16-27)39-30-21-17-28(18-22-30)34(38)32(36)26-13-9-24(6-4-2)10-14-26;29-25(19-7-3-1-4-8-19)27(31)21-11-15-23(16-12-21)33-24-17-13-22(14-18-24)28(32)26(30)20-9-5-2-6-10-20/h1-10,15-30H;7-22H,1-2H3;1-18H. The van der Waals surface area contributed by atoms with Gasteiger partial charge in [0.1, 0.15) is 34.5 Å². The first-order valence-corrected chi connectivity index (χ1v) is 37.5. The lowest BCUT2D eigenvalue weighted by atomic mass is 10.0. The van der Waals surface area contributed by atoms with Crippen molar-refractivity contribution in [2.24, 2.45) is 0 Å². The monoisotopic (exact) mass is 1580 g/mol. The third kappa shape index (κ3) is 22.6. The average molecular weight is 1580 g/mol. The van der Waals surface area contributed by atoms with Gasteiger partial charge in [0, 0.05) is 100 Å². The van der Waals surface area contributed by atoms with E-state index in [-0.39, 0.29) is 55.6 Å². The molecule has 0 N–H and O–H groups in total. The van der Waals surface area contributed by atoms with Crippen molar-refractivity contribution in [2.45, 2.75) is 13.8 Å². The van der Waals surface area contributed by atoms with Crippen molar-refractivity contribution in [2.75, 3.05) is 0 Å². The molecule has 0 saturated carbocycles. The summed E-state index contributed by atoms with van der Waals surface area (Å²) in [5.74, 6) is 18.8. The Balaban J connectivity index is 0.000000170. The number of hydrogen-bond donors (Lipinski definition) is 0. The molecule has 0 amide bonds. The van der Waals surface area contributed by atoms with Crippen LogP contribution in [-0.4, -0.2) is 69.4 Å². The van der Waals surface area contributed by atoms with Crippen LogP contribution in [0.15, 0.2) is 364 Å². The highest BCUT2D eigenvalue weighted by Gasteiger charge is 2.25. The second-order valence-corrected chi connectivity index (χ2v) is 26.4. The van der Waals surface area contributed by atoms with E-state index in [0.717, 1.165) is 33.4 Å². The van der Waals surface area contributed by atoms with Crippen molar-refractivity contribution in [1.82, 2.24) is 0 Å². The van der Waals surface area contributed by atoms with Gasteiger partial charge in [0.15, 0.2) is 0 Å². The molecule has 0 fully saturated rings. The minimum Gasteiger partial charge on any atom is -0.457 e. The molecule has 15 heteroatoms. The lowest BCUT2D eigenvalue weighted by Gasteiger charge is -2.08. The van der Waals surface area contributed by atoms with E-state index in [0.29, 0.717) is 45.6 Å². The zero-order valence-electron chi connectivity index (χ0n) is 64.8. The van der Waals surface area contributed by atoms with Gasteiger partial charge in [-0.1, -0.05) is 133 Å². The number of rotatable bonds is 24. The van der Waals surface area contributed by atoms with Crippen LogP contribution in [0.1, 0.15) is 172 Å². The Morgan fingerprint density at radius 3 is 0.430 bits per heavy atom. The van der Waals surface area contributed by atoms with Gasteiger partial charge in [-0.2, -0.15) is 0 Å². The SMILES string of the molecule is CC#Cc1ccc(C(=O)C(=O)c2ccc(Oc3ccc(C(=O)C(=O)c4ccc(C#CC)cc4)cc3)cc2)cc1.O=C(C(=O)c1ccc(Oc2ccc(C(=O)C(=O)c3ccc(C#Cc4ccccc4)cc3)cc2)cc1)c1ccc(C#Cc2ccccc2)cc1.O=C(C(=O)c1ccc(Oc2ccc(C(=O)C(=O)c3ccccc3)cc2)cc1)c1ccccc1. The molecule has 0 heterocycles. The van der Waals surface area contributed by atoms with Crippen molar-refractivity contribution >= 4 is 69.4 Å². The Hall–Kier alpha value is -17.2. The maximum Gasteiger partial charge on any atom is 0.233 e. The van der Waals surface area contributed by atoms with E-state index in [2.05, 4.69) is 47.4 Å². The van der Waals surface area contributed by atoms with Crippen LogP contribution in [0.2, 0.25) is 0 Å². The number of Topliss-reactive ketones (excluding diaryl/α,β-unsaturated/α-hetero) is 12. The summed E-state index contributed by atoms with van der Waals surface area (Å²) in [5, 5.41) is 0. The maximum atomic E-state index is 12.9. The average Bonchev–Trinajstić information content (AvgIpc) is 0.835. The zero-order chi connectivity index (χ0) is 85.0. The number of ketones is 12.